The Labute approximate surface area is 308 Å². The second kappa shape index (κ2) is 16.6. The molecule has 1 aliphatic heterocycles. The molecule has 0 bridgehead atoms. The molecule has 1 saturated heterocycles. The lowest BCUT2D eigenvalue weighted by molar-refractivity contribution is 0.101. The van der Waals surface area contributed by atoms with Gasteiger partial charge in [0.15, 0.2) is 22.9 Å². The van der Waals surface area contributed by atoms with Crippen molar-refractivity contribution in [1.82, 2.24) is 29.2 Å². The van der Waals surface area contributed by atoms with Gasteiger partial charge in [-0.25, -0.2) is 36.6 Å². The summed E-state index contributed by atoms with van der Waals surface area (Å²) in [5.74, 6) is -0.776. The monoisotopic (exact) mass is 755 g/mol. The molecule has 2 aliphatic rings. The molecule has 9 nitrogen and oxygen atoms in total. The van der Waals surface area contributed by atoms with Gasteiger partial charge in [-0.3, -0.25) is 9.59 Å². The first-order valence-electron chi connectivity index (χ1n) is 16.5. The van der Waals surface area contributed by atoms with Gasteiger partial charge < -0.3 is 4.90 Å². The smallest absolute Gasteiger partial charge is 0.168 e. The number of aromatic nitrogens is 6. The second-order valence-electron chi connectivity index (χ2n) is 12.5. The van der Waals surface area contributed by atoms with Crippen LogP contribution in [0.5, 0.6) is 0 Å². The molecule has 8 rings (SSSR count). The molecule has 2 fully saturated rings. The summed E-state index contributed by atoms with van der Waals surface area (Å²) in [5.41, 5.74) is 2.80. The third-order valence-electron chi connectivity index (χ3n) is 9.07. The van der Waals surface area contributed by atoms with E-state index in [0.29, 0.717) is 57.5 Å². The van der Waals surface area contributed by atoms with Gasteiger partial charge in [0.2, 0.25) is 0 Å². The van der Waals surface area contributed by atoms with Crippen molar-refractivity contribution in [2.24, 2.45) is 0 Å². The topological polar surface area (TPSA) is 97.8 Å². The summed E-state index contributed by atoms with van der Waals surface area (Å²) in [6.45, 7) is 3.62. The Balaban J connectivity index is 0.000000164. The number of Topliss-reactive ketones (excluding diaryl/α,β-unsaturated/α-hetero) is 2. The normalized spacial score (nSPS) is 15.5. The number of ketones is 2. The number of halogens is 6. The van der Waals surface area contributed by atoms with E-state index in [4.69, 9.17) is 11.6 Å². The molecule has 5 heterocycles. The number of carbonyl (C=O) groups excluding carboxylic acids is 2. The third kappa shape index (κ3) is 8.42. The average Bonchev–Trinajstić information content (AvgIpc) is 3.93. The molecule has 15 heteroatoms. The van der Waals surface area contributed by atoms with Crippen molar-refractivity contribution >= 4 is 52.7 Å². The number of hydrogen-bond acceptors (Lipinski definition) is 7. The number of hydrogen-bond donors (Lipinski definition) is 0. The molecular weight excluding hydrogens is 721 g/mol. The zero-order valence-electron chi connectivity index (χ0n) is 28.3. The van der Waals surface area contributed by atoms with E-state index in [1.807, 2.05) is 4.90 Å². The first-order valence-corrected chi connectivity index (χ1v) is 16.9. The first-order chi connectivity index (χ1) is 24.5. The number of rotatable bonds is 5. The van der Waals surface area contributed by atoms with Crippen LogP contribution >= 0.6 is 24.0 Å². The zero-order valence-corrected chi connectivity index (χ0v) is 29.9. The maximum Gasteiger partial charge on any atom is 0.168 e. The standard InChI is InChI=1S/C18H16F2N4O.C11H12F2.C8H6ClN3O.ClH/c1-11(25)14-10-21-24-8-6-17(22-18(14)24)23-7-2-3-16(23)13-9-12(19)4-5-15(13)20;12-9-5-6-11(13)10(7-9)8-3-1-2-4-8;1-5(13)6-4-10-12-3-2-7(9)11-8(6)12;/h4-6,8-10,16H,2-3,7H2,1H3;5-8H,1-4H2;2-4H,1H3;1H. The van der Waals surface area contributed by atoms with Gasteiger partial charge in [-0.2, -0.15) is 10.2 Å². The molecule has 52 heavy (non-hydrogen) atoms. The van der Waals surface area contributed by atoms with E-state index >= 15 is 0 Å². The molecule has 1 atom stereocenters. The molecule has 6 aromatic rings. The van der Waals surface area contributed by atoms with Crippen molar-refractivity contribution < 1.29 is 27.2 Å². The molecule has 1 aliphatic carbocycles. The van der Waals surface area contributed by atoms with Crippen LogP contribution in [-0.2, 0) is 0 Å². The Morgan fingerprint density at radius 1 is 0.712 bits per heavy atom. The van der Waals surface area contributed by atoms with Crippen molar-refractivity contribution in [3.05, 3.63) is 124 Å². The lowest BCUT2D eigenvalue weighted by atomic mass is 9.97. The van der Waals surface area contributed by atoms with E-state index in [-0.39, 0.29) is 47.6 Å². The van der Waals surface area contributed by atoms with Gasteiger partial charge in [0.05, 0.1) is 29.6 Å². The largest absolute Gasteiger partial charge is 0.349 e. The quantitative estimate of drug-likeness (QED) is 0.0984. The lowest BCUT2D eigenvalue weighted by Gasteiger charge is -2.26. The predicted octanol–water partition coefficient (Wildman–Crippen LogP) is 9.18. The highest BCUT2D eigenvalue weighted by Gasteiger charge is 2.30. The summed E-state index contributed by atoms with van der Waals surface area (Å²) in [6, 6.07) is 10.4. The maximum absolute atomic E-state index is 14.2. The zero-order chi connectivity index (χ0) is 36.2. The average molecular weight is 757 g/mol. The third-order valence-corrected chi connectivity index (χ3v) is 9.28. The number of anilines is 1. The molecule has 0 N–H and O–H groups in total. The van der Waals surface area contributed by atoms with Gasteiger partial charge >= 0.3 is 0 Å². The Kier molecular flexibility index (Phi) is 12.3. The van der Waals surface area contributed by atoms with Gasteiger partial charge in [0.1, 0.15) is 34.2 Å². The summed E-state index contributed by atoms with van der Waals surface area (Å²) in [5, 5.41) is 8.43. The van der Waals surface area contributed by atoms with E-state index in [2.05, 4.69) is 20.2 Å². The Morgan fingerprint density at radius 3 is 1.85 bits per heavy atom. The summed E-state index contributed by atoms with van der Waals surface area (Å²) in [4.78, 5) is 33.3. The van der Waals surface area contributed by atoms with Gasteiger partial charge in [-0.15, -0.1) is 12.4 Å². The molecule has 2 aromatic carbocycles. The van der Waals surface area contributed by atoms with Crippen molar-refractivity contribution in [3.63, 3.8) is 0 Å². The fourth-order valence-corrected chi connectivity index (χ4v) is 6.70. The van der Waals surface area contributed by atoms with E-state index < -0.39 is 11.6 Å². The highest BCUT2D eigenvalue weighted by Crippen LogP contribution is 2.37. The van der Waals surface area contributed by atoms with Crippen LogP contribution in [0, 0.1) is 23.3 Å². The maximum atomic E-state index is 14.2. The van der Waals surface area contributed by atoms with Gasteiger partial charge in [-0.1, -0.05) is 24.4 Å². The molecule has 1 unspecified atom stereocenters. The minimum atomic E-state index is -0.457. The number of carbonyl (C=O) groups is 2. The predicted molar refractivity (Wildman–Crippen MR) is 191 cm³/mol. The van der Waals surface area contributed by atoms with Crippen molar-refractivity contribution in [2.45, 2.75) is 64.3 Å². The van der Waals surface area contributed by atoms with Crippen LogP contribution in [0.2, 0.25) is 5.15 Å². The summed E-state index contributed by atoms with van der Waals surface area (Å²) >= 11 is 5.69. The number of fused-ring (bicyclic) bond motifs is 2. The summed E-state index contributed by atoms with van der Waals surface area (Å²) < 4.78 is 56.9. The first kappa shape index (κ1) is 38.4. The van der Waals surface area contributed by atoms with Crippen LogP contribution in [0.4, 0.5) is 23.4 Å². The number of nitrogens with zero attached hydrogens (tertiary/aromatic N) is 7. The second-order valence-corrected chi connectivity index (χ2v) is 12.9. The highest BCUT2D eigenvalue weighted by atomic mass is 35.5. The van der Waals surface area contributed by atoms with Crippen LogP contribution in [0.3, 0.4) is 0 Å². The van der Waals surface area contributed by atoms with Crippen LogP contribution in [0.1, 0.15) is 96.2 Å². The highest BCUT2D eigenvalue weighted by molar-refractivity contribution is 6.29. The van der Waals surface area contributed by atoms with E-state index in [0.717, 1.165) is 44.2 Å². The van der Waals surface area contributed by atoms with Crippen LogP contribution < -0.4 is 4.90 Å². The Bertz CT molecular complexity index is 2220. The fraction of sp³-hybridized carbons (Fsp3) is 0.297. The van der Waals surface area contributed by atoms with Gasteiger partial charge in [0.25, 0.3) is 0 Å². The van der Waals surface area contributed by atoms with E-state index in [1.165, 1.54) is 59.5 Å². The summed E-state index contributed by atoms with van der Waals surface area (Å²) in [6.07, 6.45) is 12.2. The van der Waals surface area contributed by atoms with Gasteiger partial charge in [0, 0.05) is 24.5 Å². The minimum absolute atomic E-state index is 0. The number of benzene rings is 2. The molecule has 272 valence electrons. The molecule has 0 spiro atoms. The van der Waals surface area contributed by atoms with E-state index in [1.54, 1.807) is 24.5 Å². The molecule has 0 amide bonds. The Hall–Kier alpha value is -4.88. The van der Waals surface area contributed by atoms with Crippen LogP contribution in [-0.4, -0.2) is 47.3 Å². The fourth-order valence-electron chi connectivity index (χ4n) is 6.56. The van der Waals surface area contributed by atoms with Crippen molar-refractivity contribution in [1.29, 1.82) is 0 Å². The van der Waals surface area contributed by atoms with E-state index in [9.17, 15) is 27.2 Å². The van der Waals surface area contributed by atoms with Crippen molar-refractivity contribution in [2.75, 3.05) is 11.4 Å². The molecular formula is C37H35Cl2F4N7O2. The van der Waals surface area contributed by atoms with Gasteiger partial charge in [-0.05, 0) is 99.5 Å². The molecule has 1 saturated carbocycles. The van der Waals surface area contributed by atoms with Crippen LogP contribution in [0.25, 0.3) is 11.3 Å². The minimum Gasteiger partial charge on any atom is -0.349 e. The summed E-state index contributed by atoms with van der Waals surface area (Å²) in [7, 11) is 0. The van der Waals surface area contributed by atoms with Crippen LogP contribution in [0.15, 0.2) is 73.3 Å². The molecule has 4 aromatic heterocycles. The molecule has 0 radical (unpaired) electrons. The van der Waals surface area contributed by atoms with Crippen molar-refractivity contribution in [3.8, 4) is 0 Å². The SMILES string of the molecule is CC(=O)c1cnn2ccc(Cl)nc12.CC(=O)c1cnn2ccc(N3CCCC3c3cc(F)ccc3F)nc12.Cl.Fc1ccc(F)c(C2CCCC2)c1. The lowest BCUT2D eigenvalue weighted by Crippen LogP contribution is -2.24. The Morgan fingerprint density at radius 2 is 1.25 bits per heavy atom.